The van der Waals surface area contributed by atoms with E-state index in [2.05, 4.69) is 29.5 Å². The fourth-order valence-corrected chi connectivity index (χ4v) is 3.00. The van der Waals surface area contributed by atoms with Gasteiger partial charge < -0.3 is 15.4 Å². The van der Waals surface area contributed by atoms with Gasteiger partial charge in [0, 0.05) is 47.4 Å². The van der Waals surface area contributed by atoms with Crippen LogP contribution in [0, 0.1) is 5.92 Å². The molecule has 0 aliphatic rings. The summed E-state index contributed by atoms with van der Waals surface area (Å²) in [7, 11) is 1.37. The fraction of sp³-hybridized carbons (Fsp3) is 0.611. The molecule has 0 saturated carbocycles. The van der Waals surface area contributed by atoms with Crippen LogP contribution < -0.4 is 10.6 Å². The standard InChI is InChI=1S/C18H32N4O3S.HI/c1-15(2)14-25-12-6-11-20-18(19-3)21-13-16-7-9-17(10-8-16)26(23,24)22(4)5;/h7-10,15H,6,11-14H2,1-5H3,(H2,19,20,21);1H. The van der Waals surface area contributed by atoms with Crippen molar-refractivity contribution >= 4 is 40.0 Å². The number of hydrogen-bond acceptors (Lipinski definition) is 4. The molecule has 0 radical (unpaired) electrons. The number of halogens is 1. The lowest BCUT2D eigenvalue weighted by Crippen LogP contribution is -2.37. The number of nitrogens with zero attached hydrogens (tertiary/aromatic N) is 2. The third kappa shape index (κ3) is 9.72. The summed E-state index contributed by atoms with van der Waals surface area (Å²) in [6, 6.07) is 6.84. The van der Waals surface area contributed by atoms with E-state index in [1.54, 1.807) is 31.3 Å². The minimum absolute atomic E-state index is 0. The van der Waals surface area contributed by atoms with Crippen molar-refractivity contribution < 1.29 is 13.2 Å². The number of ether oxygens (including phenoxy) is 1. The first-order chi connectivity index (χ1) is 12.3. The Hall–Kier alpha value is -0.910. The molecular weight excluding hydrogens is 479 g/mol. The van der Waals surface area contributed by atoms with Gasteiger partial charge in [-0.15, -0.1) is 24.0 Å². The van der Waals surface area contributed by atoms with Crippen molar-refractivity contribution in [3.05, 3.63) is 29.8 Å². The molecule has 1 rings (SSSR count). The second kappa shape index (κ2) is 13.3. The minimum Gasteiger partial charge on any atom is -0.381 e. The summed E-state index contributed by atoms with van der Waals surface area (Å²) in [6.45, 7) is 7.11. The molecule has 0 aliphatic carbocycles. The molecular formula is C18H33IN4O3S. The van der Waals surface area contributed by atoms with Crippen molar-refractivity contribution in [2.45, 2.75) is 31.7 Å². The lowest BCUT2D eigenvalue weighted by Gasteiger charge is -2.14. The largest absolute Gasteiger partial charge is 0.381 e. The highest BCUT2D eigenvalue weighted by Crippen LogP contribution is 2.13. The average molecular weight is 512 g/mol. The van der Waals surface area contributed by atoms with E-state index in [9.17, 15) is 8.42 Å². The van der Waals surface area contributed by atoms with Crippen LogP contribution in [0.3, 0.4) is 0 Å². The molecule has 0 unspecified atom stereocenters. The molecule has 0 atom stereocenters. The van der Waals surface area contributed by atoms with Gasteiger partial charge in [-0.05, 0) is 30.0 Å². The maximum Gasteiger partial charge on any atom is 0.242 e. The Bertz CT molecular complexity index is 662. The van der Waals surface area contributed by atoms with Gasteiger partial charge in [0.25, 0.3) is 0 Å². The maximum atomic E-state index is 12.1. The molecule has 0 aromatic heterocycles. The van der Waals surface area contributed by atoms with Crippen LogP contribution in [-0.4, -0.2) is 59.6 Å². The Morgan fingerprint density at radius 3 is 2.33 bits per heavy atom. The molecule has 27 heavy (non-hydrogen) atoms. The van der Waals surface area contributed by atoms with Gasteiger partial charge >= 0.3 is 0 Å². The number of aliphatic imine (C=N–C) groups is 1. The number of rotatable bonds is 10. The molecule has 0 saturated heterocycles. The van der Waals surface area contributed by atoms with Crippen molar-refractivity contribution in [2.75, 3.05) is 40.9 Å². The van der Waals surface area contributed by atoms with E-state index in [0.717, 1.165) is 31.7 Å². The lowest BCUT2D eigenvalue weighted by molar-refractivity contribution is 0.108. The summed E-state index contributed by atoms with van der Waals surface area (Å²) in [4.78, 5) is 4.47. The van der Waals surface area contributed by atoms with Gasteiger partial charge in [-0.1, -0.05) is 26.0 Å². The van der Waals surface area contributed by atoms with E-state index in [-0.39, 0.29) is 28.9 Å². The highest BCUT2D eigenvalue weighted by Gasteiger charge is 2.16. The SMILES string of the molecule is CN=C(NCCCOCC(C)C)NCc1ccc(S(=O)(=O)N(C)C)cc1.I. The van der Waals surface area contributed by atoms with E-state index in [1.165, 1.54) is 18.4 Å². The zero-order chi connectivity index (χ0) is 19.6. The topological polar surface area (TPSA) is 83.0 Å². The molecule has 0 bridgehead atoms. The van der Waals surface area contributed by atoms with Crippen LogP contribution in [0.15, 0.2) is 34.2 Å². The van der Waals surface area contributed by atoms with Crippen molar-refractivity contribution in [3.63, 3.8) is 0 Å². The molecule has 1 aromatic rings. The van der Waals surface area contributed by atoms with Crippen LogP contribution in [0.25, 0.3) is 0 Å². The van der Waals surface area contributed by atoms with Crippen LogP contribution in [0.1, 0.15) is 25.8 Å². The number of guanidine groups is 1. The first-order valence-electron chi connectivity index (χ1n) is 8.81. The summed E-state index contributed by atoms with van der Waals surface area (Å²) in [5.74, 6) is 1.26. The van der Waals surface area contributed by atoms with Crippen LogP contribution in [-0.2, 0) is 21.3 Å². The lowest BCUT2D eigenvalue weighted by atomic mass is 10.2. The zero-order valence-electron chi connectivity index (χ0n) is 16.9. The van der Waals surface area contributed by atoms with Gasteiger partial charge in [0.05, 0.1) is 4.90 Å². The van der Waals surface area contributed by atoms with Gasteiger partial charge in [0.1, 0.15) is 0 Å². The molecule has 0 spiro atoms. The highest BCUT2D eigenvalue weighted by atomic mass is 127. The second-order valence-electron chi connectivity index (χ2n) is 6.61. The third-order valence-corrected chi connectivity index (χ3v) is 5.42. The highest BCUT2D eigenvalue weighted by molar-refractivity contribution is 14.0. The monoisotopic (exact) mass is 512 g/mol. The smallest absolute Gasteiger partial charge is 0.242 e. The zero-order valence-corrected chi connectivity index (χ0v) is 20.0. The van der Waals surface area contributed by atoms with E-state index in [0.29, 0.717) is 18.4 Å². The van der Waals surface area contributed by atoms with Crippen LogP contribution in [0.4, 0.5) is 0 Å². The van der Waals surface area contributed by atoms with Gasteiger partial charge in [-0.3, -0.25) is 4.99 Å². The Balaban J connectivity index is 0.00000676. The predicted molar refractivity (Wildman–Crippen MR) is 121 cm³/mol. The summed E-state index contributed by atoms with van der Waals surface area (Å²) in [6.07, 6.45) is 0.907. The molecule has 0 amide bonds. The maximum absolute atomic E-state index is 12.1. The first kappa shape index (κ1) is 26.1. The summed E-state index contributed by atoms with van der Waals surface area (Å²) >= 11 is 0. The third-order valence-electron chi connectivity index (χ3n) is 3.59. The van der Waals surface area contributed by atoms with Gasteiger partial charge in [0.2, 0.25) is 10.0 Å². The van der Waals surface area contributed by atoms with Crippen LogP contribution in [0.5, 0.6) is 0 Å². The molecule has 0 aliphatic heterocycles. The van der Waals surface area contributed by atoms with Crippen molar-refractivity contribution in [2.24, 2.45) is 10.9 Å². The molecule has 156 valence electrons. The quantitative estimate of drug-likeness (QED) is 0.218. The Morgan fingerprint density at radius 2 is 1.81 bits per heavy atom. The van der Waals surface area contributed by atoms with Gasteiger partial charge in [-0.2, -0.15) is 0 Å². The number of nitrogens with one attached hydrogen (secondary N) is 2. The Morgan fingerprint density at radius 1 is 1.19 bits per heavy atom. The van der Waals surface area contributed by atoms with Crippen molar-refractivity contribution in [3.8, 4) is 0 Å². The second-order valence-corrected chi connectivity index (χ2v) is 8.76. The number of hydrogen-bond donors (Lipinski definition) is 2. The Kier molecular flexibility index (Phi) is 12.8. The predicted octanol–water partition coefficient (Wildman–Crippen LogP) is 2.28. The molecule has 2 N–H and O–H groups in total. The van der Waals surface area contributed by atoms with Crippen molar-refractivity contribution in [1.29, 1.82) is 0 Å². The average Bonchev–Trinajstić information content (AvgIpc) is 2.60. The molecule has 9 heteroatoms. The molecule has 0 heterocycles. The van der Waals surface area contributed by atoms with Gasteiger partial charge in [0.15, 0.2) is 5.96 Å². The molecule has 7 nitrogen and oxygen atoms in total. The van der Waals surface area contributed by atoms with Crippen LogP contribution in [0.2, 0.25) is 0 Å². The number of benzene rings is 1. The summed E-state index contributed by atoms with van der Waals surface area (Å²) in [5.41, 5.74) is 0.978. The van der Waals surface area contributed by atoms with E-state index < -0.39 is 10.0 Å². The normalized spacial score (nSPS) is 12.2. The van der Waals surface area contributed by atoms with Crippen LogP contribution >= 0.6 is 24.0 Å². The molecule has 1 aromatic carbocycles. The van der Waals surface area contributed by atoms with E-state index in [1.807, 2.05) is 0 Å². The first-order valence-corrected chi connectivity index (χ1v) is 10.2. The summed E-state index contributed by atoms with van der Waals surface area (Å²) in [5, 5.41) is 6.45. The Labute approximate surface area is 181 Å². The molecule has 0 fully saturated rings. The van der Waals surface area contributed by atoms with Gasteiger partial charge in [-0.25, -0.2) is 12.7 Å². The summed E-state index contributed by atoms with van der Waals surface area (Å²) < 4.78 is 30.9. The fourth-order valence-electron chi connectivity index (χ4n) is 2.10. The number of sulfonamides is 1. The van der Waals surface area contributed by atoms with E-state index >= 15 is 0 Å². The van der Waals surface area contributed by atoms with E-state index in [4.69, 9.17) is 4.74 Å². The van der Waals surface area contributed by atoms with Crippen molar-refractivity contribution in [1.82, 2.24) is 14.9 Å². The minimum atomic E-state index is -3.39.